The lowest BCUT2D eigenvalue weighted by atomic mass is 10.4. The van der Waals surface area contributed by atoms with Gasteiger partial charge in [0.25, 0.3) is 5.91 Å². The normalized spacial score (nSPS) is 22.1. The maximum atomic E-state index is 10.6. The molecule has 4 heteroatoms. The van der Waals surface area contributed by atoms with Gasteiger partial charge in [-0.05, 0) is 6.92 Å². The second-order valence-corrected chi connectivity index (χ2v) is 1.63. The molecule has 0 aromatic heterocycles. The Morgan fingerprint density at radius 1 is 1.78 bits per heavy atom. The summed E-state index contributed by atoms with van der Waals surface area (Å²) >= 11 is 0. The van der Waals surface area contributed by atoms with Crippen LogP contribution in [0.15, 0.2) is 16.8 Å². The zero-order valence-electron chi connectivity index (χ0n) is 5.01. The summed E-state index contributed by atoms with van der Waals surface area (Å²) in [6, 6.07) is 0. The number of nitrogens with zero attached hydrogens (tertiary/aromatic N) is 1. The van der Waals surface area contributed by atoms with Crippen LogP contribution in [0.3, 0.4) is 0 Å². The van der Waals surface area contributed by atoms with Gasteiger partial charge in [-0.1, -0.05) is 6.08 Å². The molecule has 0 bridgehead atoms. The van der Waals surface area contributed by atoms with Crippen LogP contribution in [-0.4, -0.2) is 11.9 Å². The van der Waals surface area contributed by atoms with Gasteiger partial charge in [0, 0.05) is 0 Å². The van der Waals surface area contributed by atoms with Crippen molar-refractivity contribution < 1.29 is 4.79 Å². The summed E-state index contributed by atoms with van der Waals surface area (Å²) in [5.41, 5.74) is 5.55. The molecule has 0 aromatic rings. The van der Waals surface area contributed by atoms with E-state index in [1.807, 2.05) is 0 Å². The van der Waals surface area contributed by atoms with Gasteiger partial charge in [-0.15, -0.1) is 0 Å². The van der Waals surface area contributed by atoms with Crippen molar-refractivity contribution >= 4 is 11.9 Å². The minimum absolute atomic E-state index is 0.174. The van der Waals surface area contributed by atoms with Gasteiger partial charge in [0.15, 0.2) is 0 Å². The number of carbonyl (C=O) groups is 1. The van der Waals surface area contributed by atoms with Crippen LogP contribution in [-0.2, 0) is 4.79 Å². The van der Waals surface area contributed by atoms with Crippen LogP contribution in [0.1, 0.15) is 6.92 Å². The highest BCUT2D eigenvalue weighted by Crippen LogP contribution is 2.00. The SMILES string of the molecule is C/C=C1/N=C(N)NC1=O. The number of nitrogens with two attached hydrogens (primary N) is 1. The number of aliphatic imine (C=N–C) groups is 1. The average Bonchev–Trinajstić information content (AvgIpc) is 2.10. The van der Waals surface area contributed by atoms with Crippen molar-refractivity contribution in [1.82, 2.24) is 5.32 Å². The van der Waals surface area contributed by atoms with Crippen LogP contribution in [0, 0.1) is 0 Å². The average molecular weight is 125 g/mol. The van der Waals surface area contributed by atoms with Crippen molar-refractivity contribution in [2.75, 3.05) is 0 Å². The molecule has 3 N–H and O–H groups in total. The first-order chi connectivity index (χ1) is 4.24. The number of carbonyl (C=O) groups excluding carboxylic acids is 1. The summed E-state index contributed by atoms with van der Waals surface area (Å²) in [6.45, 7) is 1.73. The Morgan fingerprint density at radius 3 is 2.67 bits per heavy atom. The Bertz CT molecular complexity index is 204. The summed E-state index contributed by atoms with van der Waals surface area (Å²) in [4.78, 5) is 14.3. The molecule has 1 aliphatic heterocycles. The largest absolute Gasteiger partial charge is 0.369 e. The van der Waals surface area contributed by atoms with Crippen LogP contribution in [0.4, 0.5) is 0 Å². The van der Waals surface area contributed by atoms with Gasteiger partial charge in [-0.3, -0.25) is 10.1 Å². The molecule has 0 spiro atoms. The topological polar surface area (TPSA) is 67.5 Å². The van der Waals surface area contributed by atoms with E-state index in [4.69, 9.17) is 5.73 Å². The smallest absolute Gasteiger partial charge is 0.276 e. The summed E-state index contributed by atoms with van der Waals surface area (Å²) in [5, 5.41) is 2.34. The van der Waals surface area contributed by atoms with Gasteiger partial charge in [-0.2, -0.15) is 0 Å². The fourth-order valence-electron chi connectivity index (χ4n) is 0.584. The summed E-state index contributed by atoms with van der Waals surface area (Å²) in [5.74, 6) is -0.0527. The van der Waals surface area contributed by atoms with Crippen LogP contribution < -0.4 is 11.1 Å². The lowest BCUT2D eigenvalue weighted by Crippen LogP contribution is -2.30. The predicted octanol–water partition coefficient (Wildman–Crippen LogP) is -0.665. The van der Waals surface area contributed by atoms with Gasteiger partial charge in [0.1, 0.15) is 5.70 Å². The Labute approximate surface area is 52.5 Å². The maximum absolute atomic E-state index is 10.6. The van der Waals surface area contributed by atoms with E-state index in [-0.39, 0.29) is 11.9 Å². The third kappa shape index (κ3) is 0.910. The minimum atomic E-state index is -0.227. The predicted molar refractivity (Wildman–Crippen MR) is 33.5 cm³/mol. The Morgan fingerprint density at radius 2 is 2.44 bits per heavy atom. The van der Waals surface area contributed by atoms with Crippen LogP contribution >= 0.6 is 0 Å². The lowest BCUT2D eigenvalue weighted by molar-refractivity contribution is -0.115. The van der Waals surface area contributed by atoms with E-state index < -0.39 is 0 Å². The zero-order valence-corrected chi connectivity index (χ0v) is 5.01. The van der Waals surface area contributed by atoms with Crippen molar-refractivity contribution in [3.8, 4) is 0 Å². The third-order valence-corrected chi connectivity index (χ3v) is 0.989. The maximum Gasteiger partial charge on any atom is 0.276 e. The van der Waals surface area contributed by atoms with Gasteiger partial charge >= 0.3 is 0 Å². The fourth-order valence-corrected chi connectivity index (χ4v) is 0.584. The van der Waals surface area contributed by atoms with Crippen molar-refractivity contribution in [2.45, 2.75) is 6.92 Å². The number of hydrogen-bond donors (Lipinski definition) is 2. The number of nitrogens with one attached hydrogen (secondary N) is 1. The standard InChI is InChI=1S/C5H7N3O/c1-2-3-4(9)8-5(6)7-3/h2H,1H3,(H3,6,7,8,9)/b3-2+. The van der Waals surface area contributed by atoms with Crippen LogP contribution in [0.2, 0.25) is 0 Å². The zero-order chi connectivity index (χ0) is 6.85. The quantitative estimate of drug-likeness (QED) is 0.422. The number of guanidine groups is 1. The van der Waals surface area contributed by atoms with Gasteiger partial charge in [-0.25, -0.2) is 4.99 Å². The van der Waals surface area contributed by atoms with E-state index >= 15 is 0 Å². The number of rotatable bonds is 0. The van der Waals surface area contributed by atoms with Crippen LogP contribution in [0.5, 0.6) is 0 Å². The molecule has 0 aromatic carbocycles. The molecule has 0 unspecified atom stereocenters. The summed E-state index contributed by atoms with van der Waals surface area (Å²) in [7, 11) is 0. The van der Waals surface area contributed by atoms with E-state index in [9.17, 15) is 4.79 Å². The second kappa shape index (κ2) is 1.89. The highest BCUT2D eigenvalue weighted by atomic mass is 16.2. The fraction of sp³-hybridized carbons (Fsp3) is 0.200. The molecule has 0 atom stereocenters. The molecule has 1 heterocycles. The third-order valence-electron chi connectivity index (χ3n) is 0.989. The summed E-state index contributed by atoms with van der Waals surface area (Å²) < 4.78 is 0. The Balaban J connectivity index is 2.89. The molecule has 1 amide bonds. The Hall–Kier alpha value is -1.32. The molecule has 0 saturated carbocycles. The van der Waals surface area contributed by atoms with E-state index in [2.05, 4.69) is 10.3 Å². The number of allylic oxidation sites excluding steroid dienone is 1. The molecule has 0 fully saturated rings. The Kier molecular flexibility index (Phi) is 1.22. The summed E-state index contributed by atoms with van der Waals surface area (Å²) in [6.07, 6.45) is 1.61. The van der Waals surface area contributed by atoms with Gasteiger partial charge in [0.05, 0.1) is 0 Å². The van der Waals surface area contributed by atoms with E-state index in [1.54, 1.807) is 13.0 Å². The van der Waals surface area contributed by atoms with Crippen molar-refractivity contribution in [3.05, 3.63) is 11.8 Å². The lowest BCUT2D eigenvalue weighted by Gasteiger charge is -1.86. The second-order valence-electron chi connectivity index (χ2n) is 1.63. The molecule has 48 valence electrons. The van der Waals surface area contributed by atoms with Crippen LogP contribution in [0.25, 0.3) is 0 Å². The molecular formula is C5H7N3O. The first kappa shape index (κ1) is 5.81. The van der Waals surface area contributed by atoms with Gasteiger partial charge in [0.2, 0.25) is 5.96 Å². The molecular weight excluding hydrogens is 118 g/mol. The first-order valence-electron chi connectivity index (χ1n) is 2.56. The van der Waals surface area contributed by atoms with E-state index in [0.29, 0.717) is 5.70 Å². The van der Waals surface area contributed by atoms with Crippen molar-refractivity contribution in [2.24, 2.45) is 10.7 Å². The minimum Gasteiger partial charge on any atom is -0.369 e. The number of amides is 1. The molecule has 1 aliphatic rings. The highest BCUT2D eigenvalue weighted by Gasteiger charge is 2.15. The van der Waals surface area contributed by atoms with Crippen molar-refractivity contribution in [3.63, 3.8) is 0 Å². The molecule has 0 aliphatic carbocycles. The van der Waals surface area contributed by atoms with Gasteiger partial charge < -0.3 is 5.73 Å². The molecule has 1 rings (SSSR count). The molecule has 0 saturated heterocycles. The van der Waals surface area contributed by atoms with E-state index in [1.165, 1.54) is 0 Å². The van der Waals surface area contributed by atoms with Crippen molar-refractivity contribution in [1.29, 1.82) is 0 Å². The van der Waals surface area contributed by atoms with E-state index in [0.717, 1.165) is 0 Å². The first-order valence-corrected chi connectivity index (χ1v) is 2.56. The highest BCUT2D eigenvalue weighted by molar-refractivity contribution is 6.10. The number of hydrogen-bond acceptors (Lipinski definition) is 3. The monoisotopic (exact) mass is 125 g/mol. The molecule has 9 heavy (non-hydrogen) atoms. The molecule has 4 nitrogen and oxygen atoms in total. The molecule has 0 radical (unpaired) electrons.